The highest BCUT2D eigenvalue weighted by Gasteiger charge is 2.20. The van der Waals surface area contributed by atoms with Gasteiger partial charge in [-0.15, -0.1) is 0 Å². The third-order valence-corrected chi connectivity index (χ3v) is 6.26. The second kappa shape index (κ2) is 12.6. The number of nitrogens with zero attached hydrogens (tertiary/aromatic N) is 5. The molecule has 0 aliphatic carbocycles. The SMILES string of the molecule is CC(C)[C@@H](N)C(=O)OC[C@@H](O)CNc1nc(NCc2ccc(-c3ccccn3)cc2)c2ncn(C(C)C)c2n1. The van der Waals surface area contributed by atoms with Gasteiger partial charge in [0.05, 0.1) is 12.0 Å². The maximum Gasteiger partial charge on any atom is 0.323 e. The van der Waals surface area contributed by atoms with Gasteiger partial charge >= 0.3 is 5.97 Å². The highest BCUT2D eigenvalue weighted by atomic mass is 16.5. The molecule has 4 rings (SSSR count). The smallest absolute Gasteiger partial charge is 0.323 e. The lowest BCUT2D eigenvalue weighted by Crippen LogP contribution is -2.39. The van der Waals surface area contributed by atoms with Crippen molar-refractivity contribution in [3.63, 3.8) is 0 Å². The number of ether oxygens (including phenoxy) is 1. The van der Waals surface area contributed by atoms with E-state index in [0.717, 1.165) is 16.8 Å². The number of nitrogens with one attached hydrogen (secondary N) is 2. The van der Waals surface area contributed by atoms with Crippen molar-refractivity contribution in [1.82, 2.24) is 24.5 Å². The van der Waals surface area contributed by atoms with E-state index in [0.29, 0.717) is 29.5 Å². The van der Waals surface area contributed by atoms with Gasteiger partial charge in [0.1, 0.15) is 18.8 Å². The Labute approximate surface area is 227 Å². The molecule has 3 aromatic heterocycles. The van der Waals surface area contributed by atoms with Gasteiger partial charge in [-0.25, -0.2) is 4.98 Å². The summed E-state index contributed by atoms with van der Waals surface area (Å²) in [6.07, 6.45) is 2.56. The summed E-state index contributed by atoms with van der Waals surface area (Å²) in [7, 11) is 0. The van der Waals surface area contributed by atoms with Crippen LogP contribution in [0.3, 0.4) is 0 Å². The summed E-state index contributed by atoms with van der Waals surface area (Å²) in [5.41, 5.74) is 10.1. The summed E-state index contributed by atoms with van der Waals surface area (Å²) in [5, 5.41) is 16.8. The van der Waals surface area contributed by atoms with Gasteiger partial charge in [-0.05, 0) is 37.5 Å². The zero-order valence-corrected chi connectivity index (χ0v) is 22.7. The third kappa shape index (κ3) is 7.06. The molecule has 0 saturated heterocycles. The molecule has 0 amide bonds. The number of hydrogen-bond acceptors (Lipinski definition) is 10. The predicted octanol–water partition coefficient (Wildman–Crippen LogP) is 3.38. The first-order valence-corrected chi connectivity index (χ1v) is 13.1. The molecule has 0 unspecified atom stereocenters. The number of aliphatic hydroxyl groups excluding tert-OH is 1. The van der Waals surface area contributed by atoms with E-state index in [-0.39, 0.29) is 25.1 Å². The third-order valence-electron chi connectivity index (χ3n) is 6.26. The molecule has 0 radical (unpaired) electrons. The zero-order chi connectivity index (χ0) is 27.9. The Bertz CT molecular complexity index is 1370. The zero-order valence-electron chi connectivity index (χ0n) is 22.7. The van der Waals surface area contributed by atoms with E-state index < -0.39 is 18.1 Å². The molecule has 11 heteroatoms. The van der Waals surface area contributed by atoms with Crippen LogP contribution in [-0.4, -0.2) is 60.9 Å². The minimum Gasteiger partial charge on any atom is -0.462 e. The van der Waals surface area contributed by atoms with E-state index in [2.05, 4.69) is 30.6 Å². The number of carbonyl (C=O) groups excluding carboxylic acids is 1. The fourth-order valence-corrected chi connectivity index (χ4v) is 3.82. The van der Waals surface area contributed by atoms with E-state index in [1.54, 1.807) is 12.5 Å². The lowest BCUT2D eigenvalue weighted by Gasteiger charge is -2.17. The topological polar surface area (TPSA) is 153 Å². The van der Waals surface area contributed by atoms with E-state index >= 15 is 0 Å². The highest BCUT2D eigenvalue weighted by Crippen LogP contribution is 2.24. The Hall–Kier alpha value is -4.09. The number of esters is 1. The number of anilines is 2. The Morgan fingerprint density at radius 3 is 2.49 bits per heavy atom. The van der Waals surface area contributed by atoms with Gasteiger partial charge in [-0.2, -0.15) is 9.97 Å². The maximum absolute atomic E-state index is 12.0. The van der Waals surface area contributed by atoms with Crippen molar-refractivity contribution in [2.45, 2.75) is 52.4 Å². The fraction of sp³-hybridized carbons (Fsp3) is 0.393. The Kier molecular flexibility index (Phi) is 9.05. The van der Waals surface area contributed by atoms with Crippen LogP contribution >= 0.6 is 0 Å². The number of aliphatic hydroxyl groups is 1. The molecule has 11 nitrogen and oxygen atoms in total. The molecular weight excluding hydrogens is 496 g/mol. The minimum absolute atomic E-state index is 0.0524. The number of pyridine rings is 1. The van der Waals surface area contributed by atoms with Crippen molar-refractivity contribution >= 4 is 28.9 Å². The molecule has 206 valence electrons. The molecule has 0 bridgehead atoms. The molecule has 4 aromatic rings. The predicted molar refractivity (Wildman–Crippen MR) is 151 cm³/mol. The van der Waals surface area contributed by atoms with Crippen molar-refractivity contribution in [3.8, 4) is 11.3 Å². The average molecular weight is 533 g/mol. The molecule has 5 N–H and O–H groups in total. The van der Waals surface area contributed by atoms with Gasteiger partial charge in [-0.3, -0.25) is 9.78 Å². The fourth-order valence-electron chi connectivity index (χ4n) is 3.82. The van der Waals surface area contributed by atoms with Crippen LogP contribution < -0.4 is 16.4 Å². The number of carbonyl (C=O) groups is 1. The molecule has 0 spiro atoms. The molecule has 1 aromatic carbocycles. The largest absolute Gasteiger partial charge is 0.462 e. The van der Waals surface area contributed by atoms with Gasteiger partial charge in [0.15, 0.2) is 17.0 Å². The Morgan fingerprint density at radius 1 is 1.05 bits per heavy atom. The molecule has 2 atom stereocenters. The number of benzene rings is 1. The molecule has 39 heavy (non-hydrogen) atoms. The Morgan fingerprint density at radius 2 is 1.82 bits per heavy atom. The molecule has 0 fully saturated rings. The molecule has 0 saturated carbocycles. The van der Waals surface area contributed by atoms with Gasteiger partial charge in [0.25, 0.3) is 0 Å². The molecular formula is C28H36N8O3. The van der Waals surface area contributed by atoms with E-state index in [9.17, 15) is 9.90 Å². The first-order chi connectivity index (χ1) is 18.7. The standard InChI is InChI=1S/C28H36N8O3/c1-17(2)23(29)27(38)39-15-21(37)14-32-28-34-25(24-26(35-28)36(16-33-24)18(3)4)31-13-19-8-10-20(11-9-19)22-7-5-6-12-30-22/h5-12,16-18,21,23,37H,13-15,29H2,1-4H3,(H2,31,32,34,35)/t21-,23+/m0/s1. The quantitative estimate of drug-likeness (QED) is 0.200. The van der Waals surface area contributed by atoms with Gasteiger partial charge in [-0.1, -0.05) is 44.2 Å². The Balaban J connectivity index is 1.45. The second-order valence-corrected chi connectivity index (χ2v) is 10.0. The molecule has 0 aliphatic heterocycles. The summed E-state index contributed by atoms with van der Waals surface area (Å²) in [5.74, 6) is 0.298. The highest BCUT2D eigenvalue weighted by molar-refractivity contribution is 5.84. The van der Waals surface area contributed by atoms with E-state index in [1.807, 2.05) is 74.7 Å². The van der Waals surface area contributed by atoms with Gasteiger partial charge in [0, 0.05) is 30.9 Å². The normalized spacial score (nSPS) is 13.0. The van der Waals surface area contributed by atoms with Gasteiger partial charge in [0.2, 0.25) is 5.95 Å². The minimum atomic E-state index is -0.961. The lowest BCUT2D eigenvalue weighted by molar-refractivity contribution is -0.149. The number of rotatable bonds is 12. The van der Waals surface area contributed by atoms with Crippen molar-refractivity contribution in [2.24, 2.45) is 11.7 Å². The van der Waals surface area contributed by atoms with Crippen LogP contribution in [0.15, 0.2) is 55.0 Å². The number of hydrogen-bond donors (Lipinski definition) is 4. The van der Waals surface area contributed by atoms with E-state index in [4.69, 9.17) is 10.5 Å². The molecule has 0 aliphatic rings. The number of aromatic nitrogens is 5. The van der Waals surface area contributed by atoms with Gasteiger partial charge < -0.3 is 30.8 Å². The van der Waals surface area contributed by atoms with Crippen LogP contribution in [0.1, 0.15) is 39.3 Å². The summed E-state index contributed by atoms with van der Waals surface area (Å²) >= 11 is 0. The van der Waals surface area contributed by atoms with Crippen LogP contribution in [-0.2, 0) is 16.1 Å². The number of fused-ring (bicyclic) bond motifs is 1. The van der Waals surface area contributed by atoms with Crippen LogP contribution in [0, 0.1) is 5.92 Å². The van der Waals surface area contributed by atoms with Crippen molar-refractivity contribution in [2.75, 3.05) is 23.8 Å². The van der Waals surface area contributed by atoms with Crippen molar-refractivity contribution in [1.29, 1.82) is 0 Å². The van der Waals surface area contributed by atoms with Crippen LogP contribution in [0.4, 0.5) is 11.8 Å². The van der Waals surface area contributed by atoms with Crippen LogP contribution in [0.25, 0.3) is 22.4 Å². The summed E-state index contributed by atoms with van der Waals surface area (Å²) < 4.78 is 7.11. The van der Waals surface area contributed by atoms with Crippen molar-refractivity contribution in [3.05, 3.63) is 60.6 Å². The summed E-state index contributed by atoms with van der Waals surface area (Å²) in [4.78, 5) is 30.2. The van der Waals surface area contributed by atoms with E-state index in [1.165, 1.54) is 0 Å². The average Bonchev–Trinajstić information content (AvgIpc) is 3.38. The molecule has 3 heterocycles. The van der Waals surface area contributed by atoms with Crippen molar-refractivity contribution < 1.29 is 14.6 Å². The number of imidazole rings is 1. The second-order valence-electron chi connectivity index (χ2n) is 10.0. The number of nitrogens with two attached hydrogens (primary N) is 1. The first kappa shape index (κ1) is 27.9. The van der Waals surface area contributed by atoms with Crippen LogP contribution in [0.5, 0.6) is 0 Å². The maximum atomic E-state index is 12.0. The van der Waals surface area contributed by atoms with Crippen LogP contribution in [0.2, 0.25) is 0 Å². The summed E-state index contributed by atoms with van der Waals surface area (Å²) in [6, 6.07) is 13.4. The summed E-state index contributed by atoms with van der Waals surface area (Å²) in [6.45, 7) is 8.19. The monoisotopic (exact) mass is 532 g/mol. The lowest BCUT2D eigenvalue weighted by atomic mass is 10.1. The first-order valence-electron chi connectivity index (χ1n) is 13.1.